The average Bonchev–Trinajstić information content (AvgIpc) is 2.64. The quantitative estimate of drug-likeness (QED) is 0.656. The Morgan fingerprint density at radius 2 is 1.75 bits per heavy atom. The van der Waals surface area contributed by atoms with E-state index in [2.05, 4.69) is 29.3 Å². The molecular weight excluding hydrogens is 300 g/mol. The van der Waals surface area contributed by atoms with Crippen LogP contribution in [0.1, 0.15) is 35.3 Å². The minimum Gasteiger partial charge on any atom is -0.372 e. The highest BCUT2D eigenvalue weighted by Crippen LogP contribution is 2.14. The molecule has 0 saturated carbocycles. The summed E-state index contributed by atoms with van der Waals surface area (Å²) in [5.74, 6) is -0.310. The summed E-state index contributed by atoms with van der Waals surface area (Å²) >= 11 is 0. The van der Waals surface area contributed by atoms with Crippen molar-refractivity contribution in [3.63, 3.8) is 0 Å². The van der Waals surface area contributed by atoms with Gasteiger partial charge in [-0.1, -0.05) is 12.1 Å². The molecular formula is C19H20N4O. The highest BCUT2D eigenvalue weighted by molar-refractivity contribution is 5.95. The number of anilines is 1. The zero-order chi connectivity index (χ0) is 17.4. The molecule has 1 amide bonds. The third-order valence-corrected chi connectivity index (χ3v) is 3.68. The molecule has 0 bridgehead atoms. The molecule has 0 aliphatic heterocycles. The van der Waals surface area contributed by atoms with Crippen LogP contribution in [0.2, 0.25) is 0 Å². The van der Waals surface area contributed by atoms with E-state index in [0.717, 1.165) is 18.7 Å². The molecule has 0 saturated heterocycles. The van der Waals surface area contributed by atoms with Gasteiger partial charge in [0, 0.05) is 24.3 Å². The molecule has 0 atom stereocenters. The van der Waals surface area contributed by atoms with Gasteiger partial charge in [0.2, 0.25) is 0 Å². The lowest BCUT2D eigenvalue weighted by atomic mass is 10.1. The summed E-state index contributed by atoms with van der Waals surface area (Å²) in [6.07, 6.45) is 1.60. The van der Waals surface area contributed by atoms with Crippen LogP contribution < -0.4 is 10.3 Å². The molecule has 0 aromatic heterocycles. The van der Waals surface area contributed by atoms with Crippen molar-refractivity contribution in [2.45, 2.75) is 13.8 Å². The van der Waals surface area contributed by atoms with Crippen LogP contribution in [0.4, 0.5) is 5.69 Å². The molecule has 0 aliphatic rings. The van der Waals surface area contributed by atoms with E-state index in [1.807, 2.05) is 30.3 Å². The Balaban J connectivity index is 1.95. The largest absolute Gasteiger partial charge is 0.372 e. The van der Waals surface area contributed by atoms with E-state index >= 15 is 0 Å². The van der Waals surface area contributed by atoms with Crippen LogP contribution in [0, 0.1) is 11.3 Å². The third kappa shape index (κ3) is 4.43. The molecule has 5 heteroatoms. The predicted octanol–water partition coefficient (Wildman–Crippen LogP) is 3.17. The highest BCUT2D eigenvalue weighted by Gasteiger charge is 2.04. The van der Waals surface area contributed by atoms with Crippen molar-refractivity contribution in [2.75, 3.05) is 18.0 Å². The molecule has 2 rings (SSSR count). The van der Waals surface area contributed by atoms with Crippen LogP contribution in [-0.4, -0.2) is 25.2 Å². The molecule has 5 nitrogen and oxygen atoms in total. The van der Waals surface area contributed by atoms with E-state index in [-0.39, 0.29) is 5.91 Å². The van der Waals surface area contributed by atoms with E-state index in [4.69, 9.17) is 5.26 Å². The second-order valence-corrected chi connectivity index (χ2v) is 5.15. The van der Waals surface area contributed by atoms with Gasteiger partial charge in [0.1, 0.15) is 0 Å². The SMILES string of the molecule is CCN(CC)c1ccc(/C=N\NC(=O)c2ccc(C#N)cc2)cc1. The Kier molecular flexibility index (Phi) is 6.09. The minimum atomic E-state index is -0.310. The van der Waals surface area contributed by atoms with Crippen molar-refractivity contribution in [3.8, 4) is 6.07 Å². The Morgan fingerprint density at radius 3 is 2.29 bits per heavy atom. The maximum atomic E-state index is 11.9. The van der Waals surface area contributed by atoms with Gasteiger partial charge in [-0.3, -0.25) is 4.79 Å². The first-order valence-electron chi connectivity index (χ1n) is 7.86. The minimum absolute atomic E-state index is 0.310. The second-order valence-electron chi connectivity index (χ2n) is 5.15. The standard InChI is InChI=1S/C19H20N4O/c1-3-23(4-2)18-11-7-16(8-12-18)14-21-22-19(24)17-9-5-15(13-20)6-10-17/h5-12,14H,3-4H2,1-2H3,(H,22,24)/b21-14-. The molecule has 1 N–H and O–H groups in total. The van der Waals surface area contributed by atoms with Gasteiger partial charge in [0.05, 0.1) is 17.8 Å². The summed E-state index contributed by atoms with van der Waals surface area (Å²) in [5, 5.41) is 12.7. The van der Waals surface area contributed by atoms with Crippen LogP contribution in [-0.2, 0) is 0 Å². The van der Waals surface area contributed by atoms with Crippen molar-refractivity contribution in [1.82, 2.24) is 5.43 Å². The third-order valence-electron chi connectivity index (χ3n) is 3.68. The number of nitriles is 1. The van der Waals surface area contributed by atoms with Gasteiger partial charge in [-0.05, 0) is 55.8 Å². The number of carbonyl (C=O) groups is 1. The number of carbonyl (C=O) groups excluding carboxylic acids is 1. The normalized spacial score (nSPS) is 10.4. The summed E-state index contributed by atoms with van der Waals surface area (Å²) in [6, 6.07) is 16.4. The Labute approximate surface area is 142 Å². The van der Waals surface area contributed by atoms with Crippen LogP contribution >= 0.6 is 0 Å². The highest BCUT2D eigenvalue weighted by atomic mass is 16.2. The number of benzene rings is 2. The Bertz CT molecular complexity index is 738. The van der Waals surface area contributed by atoms with Gasteiger partial charge in [0.15, 0.2) is 0 Å². The number of hydrogen-bond acceptors (Lipinski definition) is 4. The Hall–Kier alpha value is -3.13. The number of nitrogens with one attached hydrogen (secondary N) is 1. The van der Waals surface area contributed by atoms with E-state index < -0.39 is 0 Å². The monoisotopic (exact) mass is 320 g/mol. The molecule has 0 aliphatic carbocycles. The second kappa shape index (κ2) is 8.49. The molecule has 2 aromatic rings. The van der Waals surface area contributed by atoms with Crippen LogP contribution in [0.5, 0.6) is 0 Å². The number of hydrogen-bond donors (Lipinski definition) is 1. The number of nitrogens with zero attached hydrogens (tertiary/aromatic N) is 3. The number of hydrazone groups is 1. The first-order valence-corrected chi connectivity index (χ1v) is 7.86. The van der Waals surface area contributed by atoms with E-state index in [9.17, 15) is 4.79 Å². The zero-order valence-corrected chi connectivity index (χ0v) is 13.9. The zero-order valence-electron chi connectivity index (χ0n) is 13.9. The number of rotatable bonds is 6. The summed E-state index contributed by atoms with van der Waals surface area (Å²) in [4.78, 5) is 14.2. The van der Waals surface area contributed by atoms with Crippen molar-refractivity contribution in [3.05, 3.63) is 65.2 Å². The maximum Gasteiger partial charge on any atom is 0.271 e. The fraction of sp³-hybridized carbons (Fsp3) is 0.211. The number of amides is 1. The van der Waals surface area contributed by atoms with Crippen LogP contribution in [0.25, 0.3) is 0 Å². The first kappa shape index (κ1) is 17.2. The van der Waals surface area contributed by atoms with Gasteiger partial charge in [-0.25, -0.2) is 5.43 Å². The fourth-order valence-corrected chi connectivity index (χ4v) is 2.29. The molecule has 0 radical (unpaired) electrons. The lowest BCUT2D eigenvalue weighted by Crippen LogP contribution is -2.21. The first-order chi connectivity index (χ1) is 11.7. The van der Waals surface area contributed by atoms with Gasteiger partial charge in [-0.2, -0.15) is 10.4 Å². The van der Waals surface area contributed by atoms with Gasteiger partial charge in [-0.15, -0.1) is 0 Å². The molecule has 2 aromatic carbocycles. The molecule has 0 spiro atoms. The van der Waals surface area contributed by atoms with Crippen molar-refractivity contribution in [1.29, 1.82) is 5.26 Å². The van der Waals surface area contributed by atoms with E-state index in [1.54, 1.807) is 30.5 Å². The summed E-state index contributed by atoms with van der Waals surface area (Å²) in [5.41, 5.74) is 5.53. The predicted molar refractivity (Wildman–Crippen MR) is 96.2 cm³/mol. The molecule has 24 heavy (non-hydrogen) atoms. The lowest BCUT2D eigenvalue weighted by Gasteiger charge is -2.20. The molecule has 0 fully saturated rings. The van der Waals surface area contributed by atoms with Gasteiger partial charge < -0.3 is 4.90 Å². The maximum absolute atomic E-state index is 11.9. The Morgan fingerprint density at radius 1 is 1.12 bits per heavy atom. The van der Waals surface area contributed by atoms with E-state index in [0.29, 0.717) is 11.1 Å². The van der Waals surface area contributed by atoms with Crippen molar-refractivity contribution < 1.29 is 4.79 Å². The smallest absolute Gasteiger partial charge is 0.271 e. The van der Waals surface area contributed by atoms with Crippen LogP contribution in [0.3, 0.4) is 0 Å². The van der Waals surface area contributed by atoms with Crippen molar-refractivity contribution in [2.24, 2.45) is 5.10 Å². The van der Waals surface area contributed by atoms with E-state index in [1.165, 1.54) is 5.69 Å². The summed E-state index contributed by atoms with van der Waals surface area (Å²) in [7, 11) is 0. The van der Waals surface area contributed by atoms with Gasteiger partial charge >= 0.3 is 0 Å². The molecule has 0 unspecified atom stereocenters. The summed E-state index contributed by atoms with van der Waals surface area (Å²) in [6.45, 7) is 6.17. The summed E-state index contributed by atoms with van der Waals surface area (Å²) < 4.78 is 0. The molecule has 0 heterocycles. The average molecular weight is 320 g/mol. The fourth-order valence-electron chi connectivity index (χ4n) is 2.29. The van der Waals surface area contributed by atoms with Gasteiger partial charge in [0.25, 0.3) is 5.91 Å². The van der Waals surface area contributed by atoms with Crippen LogP contribution in [0.15, 0.2) is 53.6 Å². The lowest BCUT2D eigenvalue weighted by molar-refractivity contribution is 0.0955. The van der Waals surface area contributed by atoms with Crippen molar-refractivity contribution >= 4 is 17.8 Å². The topological polar surface area (TPSA) is 68.5 Å². The molecule has 122 valence electrons.